The van der Waals surface area contributed by atoms with Crippen LogP contribution in [-0.4, -0.2) is 4.86 Å². The molecule has 0 saturated heterocycles. The van der Waals surface area contributed by atoms with Gasteiger partial charge in [-0.15, -0.1) is 11.3 Å². The number of thiophene rings is 1. The zero-order valence-corrected chi connectivity index (χ0v) is 10.4. The van der Waals surface area contributed by atoms with Crippen LogP contribution in [0.15, 0.2) is 36.4 Å². The second-order valence-corrected chi connectivity index (χ2v) is 5.37. The lowest BCUT2D eigenvalue weighted by Crippen LogP contribution is -1.87. The van der Waals surface area contributed by atoms with Crippen molar-refractivity contribution in [3.63, 3.8) is 0 Å². The van der Waals surface area contributed by atoms with Gasteiger partial charge in [-0.2, -0.15) is 0 Å². The van der Waals surface area contributed by atoms with Gasteiger partial charge in [0.25, 0.3) is 0 Å². The second-order valence-electron chi connectivity index (χ2n) is 3.50. The average molecular weight is 232 g/mol. The molecule has 0 unspecified atom stereocenters. The van der Waals surface area contributed by atoms with Gasteiger partial charge in [0, 0.05) is 20.2 Å². The van der Waals surface area contributed by atoms with E-state index in [1.165, 1.54) is 20.9 Å². The lowest BCUT2D eigenvalue weighted by Gasteiger charge is -1.94. The smallest absolute Gasteiger partial charge is 0.0352 e. The lowest BCUT2D eigenvalue weighted by atomic mass is 10.1. The minimum atomic E-state index is 0.978. The molecule has 0 saturated carbocycles. The Hall–Kier alpha value is -0.990. The molecule has 0 nitrogen and oxygen atoms in total. The Balaban J connectivity index is 2.48. The van der Waals surface area contributed by atoms with Crippen molar-refractivity contribution in [3.8, 4) is 10.4 Å². The highest BCUT2D eigenvalue weighted by molar-refractivity contribution is 7.80. The van der Waals surface area contributed by atoms with Crippen molar-refractivity contribution in [1.29, 1.82) is 0 Å². The van der Waals surface area contributed by atoms with E-state index in [0.717, 1.165) is 4.86 Å². The van der Waals surface area contributed by atoms with Gasteiger partial charge >= 0.3 is 0 Å². The number of hydrogen-bond donors (Lipinski definition) is 0. The van der Waals surface area contributed by atoms with Crippen LogP contribution in [0.2, 0.25) is 0 Å². The predicted octanol–water partition coefficient (Wildman–Crippen LogP) is 4.46. The molecule has 2 aromatic rings. The summed E-state index contributed by atoms with van der Waals surface area (Å²) in [6, 6.07) is 12.6. The van der Waals surface area contributed by atoms with Crippen LogP contribution >= 0.6 is 23.6 Å². The number of thiocarbonyl (C=S) groups is 1. The molecule has 1 aromatic heterocycles. The maximum Gasteiger partial charge on any atom is 0.0352 e. The molecular weight excluding hydrogens is 220 g/mol. The third kappa shape index (κ3) is 2.16. The normalized spacial score (nSPS) is 10.3. The summed E-state index contributed by atoms with van der Waals surface area (Å²) in [4.78, 5) is 3.58. The third-order valence-corrected chi connectivity index (χ3v) is 3.67. The quantitative estimate of drug-likeness (QED) is 0.544. The fourth-order valence-electron chi connectivity index (χ4n) is 1.58. The Labute approximate surface area is 99.6 Å². The molecule has 2 heteroatoms. The van der Waals surface area contributed by atoms with Crippen molar-refractivity contribution in [2.75, 3.05) is 0 Å². The molecule has 15 heavy (non-hydrogen) atoms. The highest BCUT2D eigenvalue weighted by Gasteiger charge is 2.07. The van der Waals surface area contributed by atoms with Crippen molar-refractivity contribution in [3.05, 3.63) is 46.8 Å². The molecule has 0 aliphatic heterocycles. The molecule has 0 bridgehead atoms. The van der Waals surface area contributed by atoms with E-state index in [9.17, 15) is 0 Å². The Bertz CT molecular complexity index is 480. The van der Waals surface area contributed by atoms with Gasteiger partial charge in [-0.3, -0.25) is 0 Å². The minimum absolute atomic E-state index is 0.978. The molecule has 0 N–H and O–H groups in total. The van der Waals surface area contributed by atoms with E-state index >= 15 is 0 Å². The summed E-state index contributed by atoms with van der Waals surface area (Å²) in [6.07, 6.45) is 0. The van der Waals surface area contributed by atoms with Gasteiger partial charge in [0.1, 0.15) is 0 Å². The fourth-order valence-corrected chi connectivity index (χ4v) is 2.94. The van der Waals surface area contributed by atoms with E-state index in [2.05, 4.69) is 37.3 Å². The topological polar surface area (TPSA) is 0 Å². The van der Waals surface area contributed by atoms with Crippen molar-refractivity contribution < 1.29 is 0 Å². The van der Waals surface area contributed by atoms with E-state index in [0.29, 0.717) is 0 Å². The maximum atomic E-state index is 5.22. The third-order valence-electron chi connectivity index (χ3n) is 2.36. The van der Waals surface area contributed by atoms with Crippen molar-refractivity contribution in [1.82, 2.24) is 0 Å². The van der Waals surface area contributed by atoms with Gasteiger partial charge in [-0.05, 0) is 25.5 Å². The lowest BCUT2D eigenvalue weighted by molar-refractivity contribution is 1.59. The molecule has 1 heterocycles. The van der Waals surface area contributed by atoms with Crippen LogP contribution in [-0.2, 0) is 0 Å². The summed E-state index contributed by atoms with van der Waals surface area (Å²) in [5, 5.41) is 0. The summed E-state index contributed by atoms with van der Waals surface area (Å²) < 4.78 is 0. The molecule has 0 aliphatic carbocycles. The highest BCUT2D eigenvalue weighted by Crippen LogP contribution is 2.31. The molecule has 0 radical (unpaired) electrons. The van der Waals surface area contributed by atoms with Gasteiger partial charge in [-0.25, -0.2) is 0 Å². The summed E-state index contributed by atoms with van der Waals surface area (Å²) in [7, 11) is 0. The molecule has 1 aromatic carbocycles. The van der Waals surface area contributed by atoms with Crippen LogP contribution in [0.4, 0.5) is 0 Å². The van der Waals surface area contributed by atoms with Gasteiger partial charge in [0.05, 0.1) is 0 Å². The van der Waals surface area contributed by atoms with E-state index in [1.54, 1.807) is 0 Å². The van der Waals surface area contributed by atoms with Crippen molar-refractivity contribution in [2.45, 2.75) is 13.8 Å². The Kier molecular flexibility index (Phi) is 2.98. The maximum absolute atomic E-state index is 5.22. The van der Waals surface area contributed by atoms with Crippen molar-refractivity contribution in [2.24, 2.45) is 0 Å². The van der Waals surface area contributed by atoms with Crippen molar-refractivity contribution >= 4 is 28.4 Å². The van der Waals surface area contributed by atoms with Gasteiger partial charge in [-0.1, -0.05) is 42.5 Å². The molecule has 0 fully saturated rings. The SMILES string of the molecule is CC(=S)c1cc(-c2ccccc2)sc1C. The van der Waals surface area contributed by atoms with E-state index in [1.807, 2.05) is 24.3 Å². The predicted molar refractivity (Wildman–Crippen MR) is 71.9 cm³/mol. The van der Waals surface area contributed by atoms with Gasteiger partial charge in [0.15, 0.2) is 0 Å². The standard InChI is InChI=1S/C13H12S2/c1-9(14)12-8-13(15-10(12)2)11-6-4-3-5-7-11/h3-8H,1-2H3. The van der Waals surface area contributed by atoms with Crippen LogP contribution in [0.5, 0.6) is 0 Å². The Morgan fingerprint density at radius 3 is 2.40 bits per heavy atom. The van der Waals surface area contributed by atoms with E-state index in [4.69, 9.17) is 12.2 Å². The number of hydrogen-bond acceptors (Lipinski definition) is 2. The van der Waals surface area contributed by atoms with E-state index in [-0.39, 0.29) is 0 Å². The molecule has 2 rings (SSSR count). The van der Waals surface area contributed by atoms with Crippen LogP contribution in [0.3, 0.4) is 0 Å². The molecule has 0 aliphatic rings. The number of benzene rings is 1. The van der Waals surface area contributed by atoms with Crippen LogP contribution in [0.1, 0.15) is 17.4 Å². The molecule has 0 atom stereocenters. The summed E-state index contributed by atoms with van der Waals surface area (Å²) >= 11 is 7.03. The molecule has 0 amide bonds. The zero-order valence-electron chi connectivity index (χ0n) is 8.78. The minimum Gasteiger partial charge on any atom is -0.140 e. The average Bonchev–Trinajstić information content (AvgIpc) is 2.62. The first-order valence-corrected chi connectivity index (χ1v) is 6.08. The van der Waals surface area contributed by atoms with Gasteiger partial charge < -0.3 is 0 Å². The summed E-state index contributed by atoms with van der Waals surface area (Å²) in [6.45, 7) is 4.11. The van der Waals surface area contributed by atoms with Crippen LogP contribution < -0.4 is 0 Å². The second kappa shape index (κ2) is 4.25. The zero-order chi connectivity index (χ0) is 10.8. The highest BCUT2D eigenvalue weighted by atomic mass is 32.1. The first-order valence-electron chi connectivity index (χ1n) is 4.85. The monoisotopic (exact) mass is 232 g/mol. The van der Waals surface area contributed by atoms with E-state index < -0.39 is 0 Å². The molecule has 0 spiro atoms. The molecule has 76 valence electrons. The molecular formula is C13H12S2. The Morgan fingerprint density at radius 2 is 1.87 bits per heavy atom. The van der Waals surface area contributed by atoms with Crippen LogP contribution in [0.25, 0.3) is 10.4 Å². The first kappa shape index (κ1) is 10.5. The van der Waals surface area contributed by atoms with Crippen LogP contribution in [0, 0.1) is 6.92 Å². The summed E-state index contributed by atoms with van der Waals surface area (Å²) in [5.41, 5.74) is 2.49. The van der Waals surface area contributed by atoms with Gasteiger partial charge in [0.2, 0.25) is 0 Å². The summed E-state index contributed by atoms with van der Waals surface area (Å²) in [5.74, 6) is 0. The fraction of sp³-hybridized carbons (Fsp3) is 0.154. The Morgan fingerprint density at radius 1 is 1.20 bits per heavy atom. The number of aryl methyl sites for hydroxylation is 1. The largest absolute Gasteiger partial charge is 0.140 e. The number of rotatable bonds is 2. The first-order chi connectivity index (χ1) is 7.18.